The molecule has 0 saturated heterocycles. The quantitative estimate of drug-likeness (QED) is 0.858. The largest absolute Gasteiger partial charge is 0.508 e. The highest BCUT2D eigenvalue weighted by molar-refractivity contribution is 9.10. The average molecular weight is 309 g/mol. The number of ether oxygens (including phenoxy) is 2. The predicted molar refractivity (Wildman–Crippen MR) is 73.2 cm³/mol. The molecular formula is C14H13BrO3. The smallest absolute Gasteiger partial charge is 0.122 e. The molecule has 0 bridgehead atoms. The van der Waals surface area contributed by atoms with Gasteiger partial charge in [-0.25, -0.2) is 0 Å². The summed E-state index contributed by atoms with van der Waals surface area (Å²) in [4.78, 5) is 0. The van der Waals surface area contributed by atoms with Crippen LogP contribution in [0.1, 0.15) is 0 Å². The average Bonchev–Trinajstić information content (AvgIpc) is 2.39. The molecule has 0 aliphatic heterocycles. The molecule has 0 heterocycles. The molecule has 0 aliphatic carbocycles. The highest BCUT2D eigenvalue weighted by Crippen LogP contribution is 2.17. The Kier molecular flexibility index (Phi) is 4.47. The van der Waals surface area contributed by atoms with Crippen LogP contribution in [-0.2, 0) is 0 Å². The van der Waals surface area contributed by atoms with E-state index in [1.165, 1.54) is 0 Å². The topological polar surface area (TPSA) is 38.7 Å². The van der Waals surface area contributed by atoms with E-state index in [9.17, 15) is 0 Å². The highest BCUT2D eigenvalue weighted by atomic mass is 79.9. The molecule has 0 fully saturated rings. The molecule has 94 valence electrons. The van der Waals surface area contributed by atoms with E-state index in [0.717, 1.165) is 10.2 Å². The molecule has 0 radical (unpaired) electrons. The van der Waals surface area contributed by atoms with E-state index in [4.69, 9.17) is 14.6 Å². The molecule has 2 rings (SSSR count). The Labute approximate surface area is 114 Å². The van der Waals surface area contributed by atoms with Gasteiger partial charge in [0.25, 0.3) is 0 Å². The third kappa shape index (κ3) is 3.96. The van der Waals surface area contributed by atoms with Gasteiger partial charge in [0, 0.05) is 4.47 Å². The lowest BCUT2D eigenvalue weighted by Crippen LogP contribution is -2.08. The van der Waals surface area contributed by atoms with Crippen LogP contribution in [0.5, 0.6) is 17.2 Å². The molecule has 1 N–H and O–H groups in total. The van der Waals surface area contributed by atoms with Crippen LogP contribution >= 0.6 is 15.9 Å². The Hall–Kier alpha value is -1.68. The van der Waals surface area contributed by atoms with Crippen molar-refractivity contribution in [3.63, 3.8) is 0 Å². The number of hydrogen-bond donors (Lipinski definition) is 1. The maximum absolute atomic E-state index is 9.12. The summed E-state index contributed by atoms with van der Waals surface area (Å²) in [6, 6.07) is 14.3. The molecule has 4 heteroatoms. The van der Waals surface area contributed by atoms with E-state index in [2.05, 4.69) is 15.9 Å². The lowest BCUT2D eigenvalue weighted by molar-refractivity contribution is 0.217. The molecule has 0 aliphatic rings. The normalized spacial score (nSPS) is 10.1. The van der Waals surface area contributed by atoms with Crippen molar-refractivity contribution in [3.8, 4) is 17.2 Å². The van der Waals surface area contributed by atoms with Crippen LogP contribution in [0.25, 0.3) is 0 Å². The van der Waals surface area contributed by atoms with E-state index < -0.39 is 0 Å². The Bertz CT molecular complexity index is 432. The van der Waals surface area contributed by atoms with E-state index >= 15 is 0 Å². The first-order valence-electron chi connectivity index (χ1n) is 5.54. The number of aromatic hydroxyl groups is 1. The summed E-state index contributed by atoms with van der Waals surface area (Å²) >= 11 is 3.36. The summed E-state index contributed by atoms with van der Waals surface area (Å²) in [5.41, 5.74) is 0. The molecule has 0 amide bonds. The zero-order chi connectivity index (χ0) is 12.8. The second kappa shape index (κ2) is 6.31. The molecule has 18 heavy (non-hydrogen) atoms. The Balaban J connectivity index is 1.73. The minimum absolute atomic E-state index is 0.230. The van der Waals surface area contributed by atoms with Crippen molar-refractivity contribution < 1.29 is 14.6 Å². The molecule has 3 nitrogen and oxygen atoms in total. The van der Waals surface area contributed by atoms with Gasteiger partial charge in [-0.3, -0.25) is 0 Å². The van der Waals surface area contributed by atoms with Crippen molar-refractivity contribution in [3.05, 3.63) is 53.0 Å². The third-order valence-electron chi connectivity index (χ3n) is 2.27. The van der Waals surface area contributed by atoms with Crippen LogP contribution in [0.4, 0.5) is 0 Å². The van der Waals surface area contributed by atoms with Crippen LogP contribution in [0.15, 0.2) is 53.0 Å². The van der Waals surface area contributed by atoms with Gasteiger partial charge in [-0.1, -0.05) is 15.9 Å². The fraction of sp³-hybridized carbons (Fsp3) is 0.143. The first kappa shape index (κ1) is 12.8. The minimum atomic E-state index is 0.230. The first-order valence-corrected chi connectivity index (χ1v) is 6.33. The Morgan fingerprint density at radius 2 is 1.22 bits per heavy atom. The summed E-state index contributed by atoms with van der Waals surface area (Å²) in [6.07, 6.45) is 0. The van der Waals surface area contributed by atoms with Gasteiger partial charge in [0.1, 0.15) is 30.5 Å². The number of rotatable bonds is 5. The van der Waals surface area contributed by atoms with Gasteiger partial charge in [-0.05, 0) is 48.5 Å². The summed E-state index contributed by atoms with van der Waals surface area (Å²) in [5.74, 6) is 1.76. The van der Waals surface area contributed by atoms with Crippen molar-refractivity contribution in [2.24, 2.45) is 0 Å². The summed E-state index contributed by atoms with van der Waals surface area (Å²) < 4.78 is 12.0. The summed E-state index contributed by atoms with van der Waals surface area (Å²) in [7, 11) is 0. The lowest BCUT2D eigenvalue weighted by atomic mass is 10.3. The first-order chi connectivity index (χ1) is 8.74. The molecule has 0 unspecified atom stereocenters. The van der Waals surface area contributed by atoms with Gasteiger partial charge in [0.05, 0.1) is 0 Å². The number of hydrogen-bond acceptors (Lipinski definition) is 3. The number of benzene rings is 2. The van der Waals surface area contributed by atoms with E-state index in [1.54, 1.807) is 24.3 Å². The van der Waals surface area contributed by atoms with Gasteiger partial charge in [-0.2, -0.15) is 0 Å². The number of phenols is 1. The van der Waals surface area contributed by atoms with Gasteiger partial charge < -0.3 is 14.6 Å². The van der Waals surface area contributed by atoms with Crippen LogP contribution in [0.2, 0.25) is 0 Å². The van der Waals surface area contributed by atoms with Gasteiger partial charge in [0.2, 0.25) is 0 Å². The van der Waals surface area contributed by atoms with Crippen LogP contribution in [-0.4, -0.2) is 18.3 Å². The second-order valence-corrected chi connectivity index (χ2v) is 4.56. The van der Waals surface area contributed by atoms with E-state index in [0.29, 0.717) is 19.0 Å². The van der Waals surface area contributed by atoms with Crippen molar-refractivity contribution in [2.75, 3.05) is 13.2 Å². The van der Waals surface area contributed by atoms with Crippen molar-refractivity contribution >= 4 is 15.9 Å². The molecule has 2 aromatic carbocycles. The molecule has 0 spiro atoms. The predicted octanol–water partition coefficient (Wildman–Crippen LogP) is 3.61. The minimum Gasteiger partial charge on any atom is -0.508 e. The lowest BCUT2D eigenvalue weighted by Gasteiger charge is -2.08. The maximum atomic E-state index is 9.12. The molecule has 0 atom stereocenters. The summed E-state index contributed by atoms with van der Waals surface area (Å²) in [6.45, 7) is 0.934. The highest BCUT2D eigenvalue weighted by Gasteiger charge is 1.96. The monoisotopic (exact) mass is 308 g/mol. The SMILES string of the molecule is Oc1ccc(OCCOc2ccc(Br)cc2)cc1. The Morgan fingerprint density at radius 1 is 0.778 bits per heavy atom. The van der Waals surface area contributed by atoms with Crippen LogP contribution in [0, 0.1) is 0 Å². The van der Waals surface area contributed by atoms with Gasteiger partial charge in [-0.15, -0.1) is 0 Å². The van der Waals surface area contributed by atoms with Crippen LogP contribution in [0.3, 0.4) is 0 Å². The second-order valence-electron chi connectivity index (χ2n) is 3.64. The van der Waals surface area contributed by atoms with E-state index in [-0.39, 0.29) is 5.75 Å². The zero-order valence-corrected chi connectivity index (χ0v) is 11.3. The molecule has 2 aromatic rings. The number of halogens is 1. The third-order valence-corrected chi connectivity index (χ3v) is 2.80. The molecule has 0 saturated carbocycles. The molecular weight excluding hydrogens is 296 g/mol. The van der Waals surface area contributed by atoms with Crippen molar-refractivity contribution in [1.82, 2.24) is 0 Å². The maximum Gasteiger partial charge on any atom is 0.122 e. The fourth-order valence-corrected chi connectivity index (χ4v) is 1.66. The van der Waals surface area contributed by atoms with E-state index in [1.807, 2.05) is 24.3 Å². The van der Waals surface area contributed by atoms with Gasteiger partial charge >= 0.3 is 0 Å². The van der Waals surface area contributed by atoms with Gasteiger partial charge in [0.15, 0.2) is 0 Å². The van der Waals surface area contributed by atoms with Crippen molar-refractivity contribution in [2.45, 2.75) is 0 Å². The number of phenolic OH excluding ortho intramolecular Hbond substituents is 1. The zero-order valence-electron chi connectivity index (χ0n) is 9.67. The molecule has 0 aromatic heterocycles. The van der Waals surface area contributed by atoms with Crippen molar-refractivity contribution in [1.29, 1.82) is 0 Å². The summed E-state index contributed by atoms with van der Waals surface area (Å²) in [5, 5.41) is 9.12. The van der Waals surface area contributed by atoms with Crippen LogP contribution < -0.4 is 9.47 Å². The standard InChI is InChI=1S/C14H13BrO3/c15-11-1-5-13(6-2-11)17-9-10-18-14-7-3-12(16)4-8-14/h1-8,16H,9-10H2. The fourth-order valence-electron chi connectivity index (χ4n) is 1.39. The Morgan fingerprint density at radius 3 is 1.72 bits per heavy atom.